The Morgan fingerprint density at radius 1 is 1.17 bits per heavy atom. The van der Waals surface area contributed by atoms with Gasteiger partial charge in [0.2, 0.25) is 0 Å². The van der Waals surface area contributed by atoms with Gasteiger partial charge in [-0.15, -0.1) is 0 Å². The zero-order chi connectivity index (χ0) is 17.3. The van der Waals surface area contributed by atoms with Crippen LogP contribution >= 0.6 is 0 Å². The van der Waals surface area contributed by atoms with Gasteiger partial charge < -0.3 is 15.1 Å². The lowest BCUT2D eigenvalue weighted by atomic mass is 9.98. The van der Waals surface area contributed by atoms with E-state index in [1.807, 2.05) is 24.1 Å². The van der Waals surface area contributed by atoms with E-state index in [-0.39, 0.29) is 5.91 Å². The number of piperidine rings is 1. The Balaban J connectivity index is 1.68. The van der Waals surface area contributed by atoms with Gasteiger partial charge in [-0.1, -0.05) is 0 Å². The van der Waals surface area contributed by atoms with Gasteiger partial charge in [0.15, 0.2) is 0 Å². The van der Waals surface area contributed by atoms with Crippen LogP contribution in [0.25, 0.3) is 0 Å². The number of hydrogen-bond acceptors (Lipinski definition) is 3. The van der Waals surface area contributed by atoms with Gasteiger partial charge in [-0.25, -0.2) is 0 Å². The summed E-state index contributed by atoms with van der Waals surface area (Å²) in [5.74, 6) is 0.153. The Morgan fingerprint density at radius 3 is 2.25 bits per heavy atom. The van der Waals surface area contributed by atoms with E-state index in [2.05, 4.69) is 43.1 Å². The molecule has 1 aromatic carbocycles. The van der Waals surface area contributed by atoms with Crippen molar-refractivity contribution in [2.75, 3.05) is 18.5 Å². The predicted molar refractivity (Wildman–Crippen MR) is 99.7 cm³/mol. The fourth-order valence-corrected chi connectivity index (χ4v) is 4.35. The van der Waals surface area contributed by atoms with Crippen LogP contribution in [0.15, 0.2) is 24.3 Å². The molecule has 2 bridgehead atoms. The summed E-state index contributed by atoms with van der Waals surface area (Å²) in [7, 11) is 1.97. The van der Waals surface area contributed by atoms with E-state index in [1.54, 1.807) is 0 Å². The normalized spacial score (nSPS) is 25.8. The molecule has 4 heteroatoms. The van der Waals surface area contributed by atoms with Gasteiger partial charge in [-0.2, -0.15) is 0 Å². The maximum absolute atomic E-state index is 12.9. The molecule has 2 aliphatic heterocycles. The minimum absolute atomic E-state index is 0.153. The molecular weight excluding hydrogens is 298 g/mol. The van der Waals surface area contributed by atoms with Crippen molar-refractivity contribution in [2.45, 2.75) is 70.6 Å². The molecule has 1 aromatic rings. The number of hydrogen-bond donors (Lipinski definition) is 1. The van der Waals surface area contributed by atoms with E-state index in [9.17, 15) is 4.79 Å². The highest BCUT2D eigenvalue weighted by Gasteiger charge is 2.36. The van der Waals surface area contributed by atoms with Crippen LogP contribution in [-0.2, 0) is 0 Å². The molecular formula is C20H31N3O. The third-order valence-corrected chi connectivity index (χ3v) is 5.73. The minimum Gasteiger partial charge on any atom is -0.369 e. The number of nitrogens with one attached hydrogen (secondary N) is 1. The SMILES string of the molecule is CCN(c1ccc(C(=O)N(C)C2CC3CCC(C2)N3)cc1)C(C)C. The van der Waals surface area contributed by atoms with Gasteiger partial charge in [-0.3, -0.25) is 4.79 Å². The Kier molecular flexibility index (Phi) is 5.14. The summed E-state index contributed by atoms with van der Waals surface area (Å²) in [6.07, 6.45) is 4.71. The molecule has 0 aromatic heterocycles. The number of fused-ring (bicyclic) bond motifs is 2. The van der Waals surface area contributed by atoms with E-state index in [0.717, 1.165) is 24.9 Å². The third-order valence-electron chi connectivity index (χ3n) is 5.73. The second-order valence-electron chi connectivity index (χ2n) is 7.61. The van der Waals surface area contributed by atoms with Crippen LogP contribution in [0.1, 0.15) is 56.8 Å². The summed E-state index contributed by atoms with van der Waals surface area (Å²) in [5, 5.41) is 3.65. The molecule has 0 aliphatic carbocycles. The van der Waals surface area contributed by atoms with Crippen molar-refractivity contribution in [1.29, 1.82) is 0 Å². The molecule has 2 unspecified atom stereocenters. The van der Waals surface area contributed by atoms with Gasteiger partial charge >= 0.3 is 0 Å². The molecule has 0 spiro atoms. The number of rotatable bonds is 5. The first kappa shape index (κ1) is 17.3. The molecule has 2 fully saturated rings. The van der Waals surface area contributed by atoms with E-state index in [4.69, 9.17) is 0 Å². The van der Waals surface area contributed by atoms with Gasteiger partial charge in [-0.05, 0) is 70.7 Å². The first-order valence-corrected chi connectivity index (χ1v) is 9.39. The average molecular weight is 329 g/mol. The highest BCUT2D eigenvalue weighted by Crippen LogP contribution is 2.30. The molecule has 2 atom stereocenters. The Morgan fingerprint density at radius 2 is 1.75 bits per heavy atom. The van der Waals surface area contributed by atoms with Crippen LogP contribution in [0.5, 0.6) is 0 Å². The lowest BCUT2D eigenvalue weighted by Crippen LogP contribution is -2.48. The Hall–Kier alpha value is -1.55. The molecule has 132 valence electrons. The van der Waals surface area contributed by atoms with Crippen LogP contribution < -0.4 is 10.2 Å². The second kappa shape index (κ2) is 7.14. The number of benzene rings is 1. The molecule has 1 amide bonds. The number of anilines is 1. The van der Waals surface area contributed by atoms with Crippen LogP contribution in [0.2, 0.25) is 0 Å². The van der Waals surface area contributed by atoms with Crippen molar-refractivity contribution in [3.05, 3.63) is 29.8 Å². The zero-order valence-electron chi connectivity index (χ0n) is 15.5. The second-order valence-corrected chi connectivity index (χ2v) is 7.61. The highest BCUT2D eigenvalue weighted by atomic mass is 16.2. The van der Waals surface area contributed by atoms with E-state index in [0.29, 0.717) is 24.2 Å². The van der Waals surface area contributed by atoms with E-state index in [1.165, 1.54) is 18.5 Å². The molecule has 2 heterocycles. The van der Waals surface area contributed by atoms with Crippen LogP contribution in [0.4, 0.5) is 5.69 Å². The van der Waals surface area contributed by atoms with Crippen molar-refractivity contribution < 1.29 is 4.79 Å². The molecule has 0 radical (unpaired) electrons. The molecule has 2 aliphatic rings. The summed E-state index contributed by atoms with van der Waals surface area (Å²) in [5.41, 5.74) is 1.98. The van der Waals surface area contributed by atoms with Crippen molar-refractivity contribution in [3.8, 4) is 0 Å². The smallest absolute Gasteiger partial charge is 0.253 e. The van der Waals surface area contributed by atoms with Crippen molar-refractivity contribution in [2.24, 2.45) is 0 Å². The summed E-state index contributed by atoms with van der Waals surface area (Å²) in [6, 6.07) is 10.2. The van der Waals surface area contributed by atoms with Gasteiger partial charge in [0, 0.05) is 49.0 Å². The monoisotopic (exact) mass is 329 g/mol. The van der Waals surface area contributed by atoms with E-state index >= 15 is 0 Å². The number of carbonyl (C=O) groups excluding carboxylic acids is 1. The maximum Gasteiger partial charge on any atom is 0.253 e. The third kappa shape index (κ3) is 3.44. The standard InChI is InChI=1S/C20H31N3O/c1-5-23(14(2)3)18-10-6-15(7-11-18)20(24)22(4)19-12-16-8-9-17(13-19)21-16/h6-7,10-11,14,16-17,19,21H,5,8-9,12-13H2,1-4H3. The van der Waals surface area contributed by atoms with Gasteiger partial charge in [0.1, 0.15) is 0 Å². The molecule has 0 saturated carbocycles. The van der Waals surface area contributed by atoms with Gasteiger partial charge in [0.25, 0.3) is 5.91 Å². The topological polar surface area (TPSA) is 35.6 Å². The Labute approximate surface area is 146 Å². The average Bonchev–Trinajstić information content (AvgIpc) is 2.92. The first-order chi connectivity index (χ1) is 11.5. The summed E-state index contributed by atoms with van der Waals surface area (Å²) >= 11 is 0. The van der Waals surface area contributed by atoms with Gasteiger partial charge in [0.05, 0.1) is 0 Å². The predicted octanol–water partition coefficient (Wildman–Crippen LogP) is 3.28. The number of nitrogens with zero attached hydrogens (tertiary/aromatic N) is 2. The fourth-order valence-electron chi connectivity index (χ4n) is 4.35. The summed E-state index contributed by atoms with van der Waals surface area (Å²) < 4.78 is 0. The maximum atomic E-state index is 12.9. The molecule has 2 saturated heterocycles. The van der Waals surface area contributed by atoms with Crippen molar-refractivity contribution >= 4 is 11.6 Å². The van der Waals surface area contributed by atoms with Crippen molar-refractivity contribution in [3.63, 3.8) is 0 Å². The fraction of sp³-hybridized carbons (Fsp3) is 0.650. The summed E-state index contributed by atoms with van der Waals surface area (Å²) in [4.78, 5) is 17.2. The summed E-state index contributed by atoms with van der Waals surface area (Å²) in [6.45, 7) is 7.53. The highest BCUT2D eigenvalue weighted by molar-refractivity contribution is 5.94. The largest absolute Gasteiger partial charge is 0.369 e. The van der Waals surface area contributed by atoms with E-state index < -0.39 is 0 Å². The van der Waals surface area contributed by atoms with Crippen LogP contribution in [0.3, 0.4) is 0 Å². The molecule has 3 rings (SSSR count). The quantitative estimate of drug-likeness (QED) is 0.900. The molecule has 24 heavy (non-hydrogen) atoms. The minimum atomic E-state index is 0.153. The molecule has 4 nitrogen and oxygen atoms in total. The zero-order valence-corrected chi connectivity index (χ0v) is 15.5. The van der Waals surface area contributed by atoms with Crippen molar-refractivity contribution in [1.82, 2.24) is 10.2 Å². The van der Waals surface area contributed by atoms with Crippen LogP contribution in [0, 0.1) is 0 Å². The van der Waals surface area contributed by atoms with Crippen LogP contribution in [-0.4, -0.2) is 48.6 Å². The Bertz CT molecular complexity index is 557. The number of amides is 1. The lowest BCUT2D eigenvalue weighted by molar-refractivity contribution is 0.0681. The first-order valence-electron chi connectivity index (χ1n) is 9.39. The number of carbonyl (C=O) groups is 1. The molecule has 1 N–H and O–H groups in total. The lowest BCUT2D eigenvalue weighted by Gasteiger charge is -2.35.